The van der Waals surface area contributed by atoms with Gasteiger partial charge in [-0.3, -0.25) is 4.79 Å². The van der Waals surface area contributed by atoms with Crippen LogP contribution >= 0.6 is 0 Å². The number of nitrogens with one attached hydrogen (secondary N) is 3. The molecule has 0 saturated carbocycles. The zero-order valence-corrected chi connectivity index (χ0v) is 13.4. The molecule has 0 spiro atoms. The third kappa shape index (κ3) is 4.52. The molecule has 3 rings (SSSR count). The Kier molecular flexibility index (Phi) is 5.22. The Hall–Kier alpha value is -2.97. The van der Waals surface area contributed by atoms with Gasteiger partial charge in [0.25, 0.3) is 0 Å². The molecule has 0 radical (unpaired) electrons. The first-order valence-corrected chi connectivity index (χ1v) is 8.02. The van der Waals surface area contributed by atoms with E-state index in [2.05, 4.69) is 26.1 Å². The number of carbonyl (C=O) groups is 2. The van der Waals surface area contributed by atoms with Crippen molar-refractivity contribution >= 4 is 11.9 Å². The van der Waals surface area contributed by atoms with Crippen molar-refractivity contribution in [3.63, 3.8) is 0 Å². The monoisotopic (exact) mass is 347 g/mol. The highest BCUT2D eigenvalue weighted by Crippen LogP contribution is 2.16. The first kappa shape index (κ1) is 16.9. The van der Waals surface area contributed by atoms with Crippen molar-refractivity contribution in [2.75, 3.05) is 6.54 Å². The number of rotatable bonds is 4. The van der Waals surface area contributed by atoms with Crippen molar-refractivity contribution in [3.8, 4) is 11.4 Å². The summed E-state index contributed by atoms with van der Waals surface area (Å²) in [7, 11) is 0. The number of amides is 3. The second-order valence-corrected chi connectivity index (χ2v) is 5.69. The van der Waals surface area contributed by atoms with Gasteiger partial charge in [-0.15, -0.1) is 0 Å². The molecule has 132 valence electrons. The number of hydrogen-bond acceptors (Lipinski definition) is 5. The van der Waals surface area contributed by atoms with Crippen LogP contribution in [0.2, 0.25) is 0 Å². The lowest BCUT2D eigenvalue weighted by Gasteiger charge is -2.15. The summed E-state index contributed by atoms with van der Waals surface area (Å²) in [5, 5.41) is 11.7. The number of carbonyl (C=O) groups excluding carboxylic acids is 2. The van der Waals surface area contributed by atoms with Gasteiger partial charge in [0.1, 0.15) is 11.9 Å². The van der Waals surface area contributed by atoms with Crippen LogP contribution in [0.3, 0.4) is 0 Å². The van der Waals surface area contributed by atoms with Crippen molar-refractivity contribution in [2.45, 2.75) is 31.8 Å². The van der Waals surface area contributed by atoms with Gasteiger partial charge in [-0.05, 0) is 31.4 Å². The van der Waals surface area contributed by atoms with Crippen LogP contribution in [0.4, 0.5) is 9.18 Å². The SMILES string of the molecule is O=C(NCc1nc(-c2cccc(F)c2)no1)N[C@@H]1CCCCNC1=O. The Labute approximate surface area is 143 Å². The summed E-state index contributed by atoms with van der Waals surface area (Å²) < 4.78 is 18.2. The second kappa shape index (κ2) is 7.73. The van der Waals surface area contributed by atoms with Crippen LogP contribution in [-0.4, -0.2) is 34.7 Å². The summed E-state index contributed by atoms with van der Waals surface area (Å²) in [6.07, 6.45) is 2.37. The van der Waals surface area contributed by atoms with Gasteiger partial charge in [-0.1, -0.05) is 17.3 Å². The lowest BCUT2D eigenvalue weighted by molar-refractivity contribution is -0.122. The molecule has 0 unspecified atom stereocenters. The zero-order chi connectivity index (χ0) is 17.6. The van der Waals surface area contributed by atoms with Gasteiger partial charge in [-0.25, -0.2) is 9.18 Å². The van der Waals surface area contributed by atoms with Crippen molar-refractivity contribution in [2.24, 2.45) is 0 Å². The summed E-state index contributed by atoms with van der Waals surface area (Å²) in [6.45, 7) is 0.631. The molecule has 1 aliphatic heterocycles. The smallest absolute Gasteiger partial charge is 0.315 e. The number of nitrogens with zero attached hydrogens (tertiary/aromatic N) is 2. The van der Waals surface area contributed by atoms with E-state index in [0.29, 0.717) is 18.5 Å². The molecule has 0 aliphatic carbocycles. The maximum atomic E-state index is 13.2. The minimum absolute atomic E-state index is 0.00247. The van der Waals surface area contributed by atoms with Crippen molar-refractivity contribution in [3.05, 3.63) is 36.0 Å². The zero-order valence-electron chi connectivity index (χ0n) is 13.4. The Balaban J connectivity index is 1.53. The minimum atomic E-state index is -0.548. The van der Waals surface area contributed by atoms with E-state index >= 15 is 0 Å². The van der Waals surface area contributed by atoms with Gasteiger partial charge < -0.3 is 20.5 Å². The Morgan fingerprint density at radius 2 is 2.28 bits per heavy atom. The van der Waals surface area contributed by atoms with Crippen molar-refractivity contribution in [1.29, 1.82) is 0 Å². The largest absolute Gasteiger partial charge is 0.354 e. The van der Waals surface area contributed by atoms with E-state index in [1.54, 1.807) is 12.1 Å². The van der Waals surface area contributed by atoms with Crippen LogP contribution in [0, 0.1) is 5.82 Å². The first-order valence-electron chi connectivity index (χ1n) is 8.02. The van der Waals surface area contributed by atoms with E-state index in [1.165, 1.54) is 12.1 Å². The van der Waals surface area contributed by atoms with Gasteiger partial charge in [0.15, 0.2) is 0 Å². The van der Waals surface area contributed by atoms with Crippen LogP contribution in [0.15, 0.2) is 28.8 Å². The highest BCUT2D eigenvalue weighted by Gasteiger charge is 2.22. The summed E-state index contributed by atoms with van der Waals surface area (Å²) in [5.41, 5.74) is 0.481. The third-order valence-corrected chi connectivity index (χ3v) is 3.79. The molecule has 9 heteroatoms. The van der Waals surface area contributed by atoms with E-state index in [4.69, 9.17) is 4.52 Å². The third-order valence-electron chi connectivity index (χ3n) is 3.79. The maximum absolute atomic E-state index is 13.2. The van der Waals surface area contributed by atoms with Crippen molar-refractivity contribution < 1.29 is 18.5 Å². The lowest BCUT2D eigenvalue weighted by Crippen LogP contribution is -2.48. The fourth-order valence-corrected chi connectivity index (χ4v) is 2.51. The molecule has 8 nitrogen and oxygen atoms in total. The van der Waals surface area contributed by atoms with E-state index in [1.807, 2.05) is 0 Å². The number of aromatic nitrogens is 2. The average Bonchev–Trinajstić information content (AvgIpc) is 2.99. The molecule has 1 saturated heterocycles. The second-order valence-electron chi connectivity index (χ2n) is 5.69. The highest BCUT2D eigenvalue weighted by atomic mass is 19.1. The van der Waals surface area contributed by atoms with E-state index in [0.717, 1.165) is 12.8 Å². The van der Waals surface area contributed by atoms with E-state index in [-0.39, 0.29) is 24.2 Å². The lowest BCUT2D eigenvalue weighted by atomic mass is 10.1. The van der Waals surface area contributed by atoms with E-state index in [9.17, 15) is 14.0 Å². The van der Waals surface area contributed by atoms with E-state index < -0.39 is 17.9 Å². The number of benzene rings is 1. The molecule has 1 aromatic carbocycles. The fraction of sp³-hybridized carbons (Fsp3) is 0.375. The Morgan fingerprint density at radius 1 is 1.40 bits per heavy atom. The van der Waals surface area contributed by atoms with Crippen LogP contribution < -0.4 is 16.0 Å². The van der Waals surface area contributed by atoms with Crippen molar-refractivity contribution in [1.82, 2.24) is 26.1 Å². The molecule has 2 aromatic rings. The number of urea groups is 1. The highest BCUT2D eigenvalue weighted by molar-refractivity contribution is 5.87. The molecular formula is C16H18FN5O3. The van der Waals surface area contributed by atoms with Crippen LogP contribution in [0.25, 0.3) is 11.4 Å². The van der Waals surface area contributed by atoms with Gasteiger partial charge in [-0.2, -0.15) is 4.98 Å². The average molecular weight is 347 g/mol. The fourth-order valence-electron chi connectivity index (χ4n) is 2.51. The van der Waals surface area contributed by atoms with Gasteiger partial charge in [0.2, 0.25) is 17.6 Å². The van der Waals surface area contributed by atoms with Gasteiger partial charge >= 0.3 is 6.03 Å². The van der Waals surface area contributed by atoms with Crippen LogP contribution in [0.1, 0.15) is 25.2 Å². The molecule has 1 aromatic heterocycles. The Bertz CT molecular complexity index is 764. The Morgan fingerprint density at radius 3 is 3.12 bits per heavy atom. The molecule has 3 amide bonds. The topological polar surface area (TPSA) is 109 Å². The molecule has 1 fully saturated rings. The molecule has 2 heterocycles. The molecule has 0 bridgehead atoms. The standard InChI is InChI=1S/C16H18FN5O3/c17-11-5-3-4-10(8-11)14-21-13(25-22-14)9-19-16(24)20-12-6-1-2-7-18-15(12)23/h3-5,8,12H,1-2,6-7,9H2,(H,18,23)(H2,19,20,24)/t12-/m1/s1. The minimum Gasteiger partial charge on any atom is -0.354 e. The molecular weight excluding hydrogens is 329 g/mol. The first-order chi connectivity index (χ1) is 12.1. The quantitative estimate of drug-likeness (QED) is 0.773. The number of hydrogen-bond donors (Lipinski definition) is 3. The summed E-state index contributed by atoms with van der Waals surface area (Å²) in [4.78, 5) is 27.8. The normalized spacial score (nSPS) is 17.5. The molecule has 1 aliphatic rings. The predicted molar refractivity (Wildman–Crippen MR) is 85.7 cm³/mol. The number of halogens is 1. The maximum Gasteiger partial charge on any atom is 0.315 e. The summed E-state index contributed by atoms with van der Waals surface area (Å²) >= 11 is 0. The van der Waals surface area contributed by atoms with Crippen LogP contribution in [0.5, 0.6) is 0 Å². The van der Waals surface area contributed by atoms with Crippen LogP contribution in [-0.2, 0) is 11.3 Å². The molecule has 3 N–H and O–H groups in total. The van der Waals surface area contributed by atoms with Gasteiger partial charge in [0, 0.05) is 12.1 Å². The predicted octanol–water partition coefficient (Wildman–Crippen LogP) is 1.34. The molecule has 25 heavy (non-hydrogen) atoms. The summed E-state index contributed by atoms with van der Waals surface area (Å²) in [5.74, 6) is -0.165. The molecule has 1 atom stereocenters. The summed E-state index contributed by atoms with van der Waals surface area (Å²) in [6, 6.07) is 4.77. The van der Waals surface area contributed by atoms with Gasteiger partial charge in [0.05, 0.1) is 6.54 Å².